The highest BCUT2D eigenvalue weighted by atomic mass is 35.5. The Morgan fingerprint density at radius 3 is 2.31 bits per heavy atom. The van der Waals surface area contributed by atoms with E-state index in [9.17, 15) is 5.11 Å². The Morgan fingerprint density at radius 2 is 1.64 bits per heavy atom. The Kier molecular flexibility index (Phi) is 5.91. The highest BCUT2D eigenvalue weighted by molar-refractivity contribution is 6.28. The Labute approximate surface area is 231 Å². The van der Waals surface area contributed by atoms with E-state index in [-0.39, 0.29) is 17.3 Å². The van der Waals surface area contributed by atoms with E-state index in [1.165, 1.54) is 11.1 Å². The van der Waals surface area contributed by atoms with Crippen molar-refractivity contribution >= 4 is 28.6 Å². The number of anilines is 1. The van der Waals surface area contributed by atoms with Gasteiger partial charge in [-0.1, -0.05) is 60.7 Å². The lowest BCUT2D eigenvalue weighted by atomic mass is 9.74. The van der Waals surface area contributed by atoms with Gasteiger partial charge < -0.3 is 24.2 Å². The third-order valence-electron chi connectivity index (χ3n) is 8.18. The van der Waals surface area contributed by atoms with E-state index < -0.39 is 30.3 Å². The fourth-order valence-electron chi connectivity index (χ4n) is 6.46. The van der Waals surface area contributed by atoms with Crippen LogP contribution >= 0.6 is 11.6 Å². The number of hydrogen-bond acceptors (Lipinski definition) is 8. The van der Waals surface area contributed by atoms with E-state index in [0.29, 0.717) is 17.0 Å². The molecule has 5 heterocycles. The first-order valence-electron chi connectivity index (χ1n) is 13.3. The minimum atomic E-state index is -0.785. The molecule has 0 saturated carbocycles. The van der Waals surface area contributed by atoms with Crippen molar-refractivity contribution in [3.05, 3.63) is 83.4 Å². The molecule has 0 radical (unpaired) electrons. The minimum absolute atomic E-state index is 0.133. The van der Waals surface area contributed by atoms with Crippen LogP contribution in [0.15, 0.2) is 67.0 Å². The lowest BCUT2D eigenvalue weighted by Crippen LogP contribution is -2.32. The molecule has 2 aromatic carbocycles. The molecule has 3 saturated heterocycles. The number of aromatic nitrogens is 4. The maximum Gasteiger partial charge on any atom is 0.226 e. The molecule has 3 aliphatic heterocycles. The summed E-state index contributed by atoms with van der Waals surface area (Å²) in [6.07, 6.45) is 0.671. The summed E-state index contributed by atoms with van der Waals surface area (Å²) < 4.78 is 20.2. The number of imidazole rings is 1. The second-order valence-electron chi connectivity index (χ2n) is 10.9. The molecule has 4 atom stereocenters. The van der Waals surface area contributed by atoms with Crippen molar-refractivity contribution < 1.29 is 19.3 Å². The van der Waals surface area contributed by atoms with Crippen molar-refractivity contribution in [2.45, 2.75) is 56.0 Å². The first-order valence-corrected chi connectivity index (χ1v) is 13.6. The summed E-state index contributed by atoms with van der Waals surface area (Å²) in [4.78, 5) is 16.2. The molecule has 0 bridgehead atoms. The molecule has 0 aliphatic carbocycles. The summed E-state index contributed by atoms with van der Waals surface area (Å²) in [5, 5.41) is 10.1. The predicted molar refractivity (Wildman–Crippen MR) is 146 cm³/mol. The van der Waals surface area contributed by atoms with E-state index in [2.05, 4.69) is 63.4 Å². The van der Waals surface area contributed by atoms with Crippen LogP contribution in [0.1, 0.15) is 37.6 Å². The molecular formula is C29H30ClN5O4. The zero-order valence-electron chi connectivity index (χ0n) is 21.8. The minimum Gasteiger partial charge on any atom is -0.394 e. The number of benzene rings is 2. The SMILES string of the molecule is CC1(C)OC2[C@@H](O1)[C@@H](CO)O[C@H]2n1cnc2c(N3CCC(c4ccccc4)(c4ccccc4)C3)nc(Cl)nc21. The Hall–Kier alpha value is -3.08. The van der Waals surface area contributed by atoms with Crippen molar-refractivity contribution in [1.29, 1.82) is 0 Å². The summed E-state index contributed by atoms with van der Waals surface area (Å²) in [5.74, 6) is -0.0955. The highest BCUT2D eigenvalue weighted by Crippen LogP contribution is 2.45. The second-order valence-corrected chi connectivity index (χ2v) is 11.3. The van der Waals surface area contributed by atoms with Crippen LogP contribution in [0.2, 0.25) is 5.28 Å². The number of aliphatic hydroxyl groups is 1. The van der Waals surface area contributed by atoms with Crippen molar-refractivity contribution in [2.24, 2.45) is 0 Å². The van der Waals surface area contributed by atoms with Crippen LogP contribution in [0.3, 0.4) is 0 Å². The first-order chi connectivity index (χ1) is 18.9. The lowest BCUT2D eigenvalue weighted by Gasteiger charge is -2.31. The van der Waals surface area contributed by atoms with Crippen LogP contribution in [-0.4, -0.2) is 68.4 Å². The van der Waals surface area contributed by atoms with Gasteiger partial charge in [-0.15, -0.1) is 0 Å². The lowest BCUT2D eigenvalue weighted by molar-refractivity contribution is -0.199. The van der Waals surface area contributed by atoms with Crippen molar-refractivity contribution in [1.82, 2.24) is 19.5 Å². The Bertz CT molecular complexity index is 1460. The van der Waals surface area contributed by atoms with Gasteiger partial charge in [0.1, 0.15) is 18.3 Å². The molecule has 4 aromatic rings. The van der Waals surface area contributed by atoms with Gasteiger partial charge in [0, 0.05) is 18.5 Å². The average molecular weight is 548 g/mol. The van der Waals surface area contributed by atoms with Gasteiger partial charge in [0.25, 0.3) is 0 Å². The fourth-order valence-corrected chi connectivity index (χ4v) is 6.62. The van der Waals surface area contributed by atoms with Gasteiger partial charge in [-0.3, -0.25) is 4.57 Å². The quantitative estimate of drug-likeness (QED) is 0.373. The predicted octanol–water partition coefficient (Wildman–Crippen LogP) is 4.09. The van der Waals surface area contributed by atoms with Gasteiger partial charge in [0.15, 0.2) is 29.0 Å². The summed E-state index contributed by atoms with van der Waals surface area (Å²) in [6.45, 7) is 5.04. The van der Waals surface area contributed by atoms with Crippen molar-refractivity contribution in [3.63, 3.8) is 0 Å². The number of hydrogen-bond donors (Lipinski definition) is 1. The van der Waals surface area contributed by atoms with E-state index >= 15 is 0 Å². The zero-order chi connectivity index (χ0) is 26.8. The van der Waals surface area contributed by atoms with Crippen LogP contribution in [0.5, 0.6) is 0 Å². The molecule has 0 amide bonds. The van der Waals surface area contributed by atoms with Gasteiger partial charge in [-0.05, 0) is 43.0 Å². The standard InChI is InChI=1S/C29H30ClN5O4/c1-28(2)38-22-20(15-36)37-26(23(22)39-28)35-17-31-21-24(32-27(30)33-25(21)35)34-14-13-29(16-34,18-9-5-3-6-10-18)19-11-7-4-8-12-19/h3-12,17,20,22-23,26,36H,13-16H2,1-2H3/t20-,22+,23?,26-/m1/s1. The summed E-state index contributed by atoms with van der Waals surface area (Å²) in [5.41, 5.74) is 3.52. The Morgan fingerprint density at radius 1 is 0.974 bits per heavy atom. The molecule has 1 N–H and O–H groups in total. The molecule has 10 heteroatoms. The number of rotatable bonds is 5. The normalized spacial score (nSPS) is 27.3. The van der Waals surface area contributed by atoms with Crippen molar-refractivity contribution in [3.8, 4) is 0 Å². The topological polar surface area (TPSA) is 94.8 Å². The maximum absolute atomic E-state index is 9.94. The number of halogens is 1. The van der Waals surface area contributed by atoms with E-state index in [0.717, 1.165) is 19.5 Å². The van der Waals surface area contributed by atoms with Crippen LogP contribution in [0.25, 0.3) is 11.2 Å². The van der Waals surface area contributed by atoms with Crippen molar-refractivity contribution in [2.75, 3.05) is 24.6 Å². The van der Waals surface area contributed by atoms with Crippen LogP contribution in [-0.2, 0) is 19.6 Å². The molecule has 202 valence electrons. The largest absolute Gasteiger partial charge is 0.394 e. The zero-order valence-corrected chi connectivity index (χ0v) is 22.5. The second kappa shape index (κ2) is 9.25. The van der Waals surface area contributed by atoms with Gasteiger partial charge >= 0.3 is 0 Å². The smallest absolute Gasteiger partial charge is 0.226 e. The molecule has 7 rings (SSSR count). The van der Waals surface area contributed by atoms with Gasteiger partial charge in [-0.25, -0.2) is 4.98 Å². The highest BCUT2D eigenvalue weighted by Gasteiger charge is 2.56. The average Bonchev–Trinajstić information content (AvgIpc) is 3.71. The molecule has 2 aromatic heterocycles. The third kappa shape index (κ3) is 4.03. The van der Waals surface area contributed by atoms with Crippen LogP contribution < -0.4 is 4.90 Å². The molecule has 39 heavy (non-hydrogen) atoms. The van der Waals surface area contributed by atoms with E-state index in [1.54, 1.807) is 6.33 Å². The van der Waals surface area contributed by atoms with E-state index in [1.807, 2.05) is 30.5 Å². The number of nitrogens with zero attached hydrogens (tertiary/aromatic N) is 5. The molecule has 0 spiro atoms. The monoisotopic (exact) mass is 547 g/mol. The first kappa shape index (κ1) is 24.9. The molecule has 3 fully saturated rings. The molecule has 9 nitrogen and oxygen atoms in total. The van der Waals surface area contributed by atoms with Gasteiger partial charge in [-0.2, -0.15) is 9.97 Å². The Balaban J connectivity index is 1.28. The molecule has 3 aliphatic rings. The number of aliphatic hydroxyl groups excluding tert-OH is 1. The third-order valence-corrected chi connectivity index (χ3v) is 8.35. The summed E-state index contributed by atoms with van der Waals surface area (Å²) in [7, 11) is 0. The van der Waals surface area contributed by atoms with Crippen LogP contribution in [0.4, 0.5) is 5.82 Å². The van der Waals surface area contributed by atoms with E-state index in [4.69, 9.17) is 30.8 Å². The molecule has 1 unspecified atom stereocenters. The number of fused-ring (bicyclic) bond motifs is 2. The van der Waals surface area contributed by atoms with Crippen LogP contribution in [0, 0.1) is 0 Å². The summed E-state index contributed by atoms with van der Waals surface area (Å²) in [6, 6.07) is 21.3. The van der Waals surface area contributed by atoms with Gasteiger partial charge in [0.2, 0.25) is 5.28 Å². The fraction of sp³-hybridized carbons (Fsp3) is 0.414. The summed E-state index contributed by atoms with van der Waals surface area (Å²) >= 11 is 6.53. The number of ether oxygens (including phenoxy) is 3. The molecular weight excluding hydrogens is 518 g/mol. The van der Waals surface area contributed by atoms with Gasteiger partial charge in [0.05, 0.1) is 12.9 Å². The maximum atomic E-state index is 9.94.